The molecule has 0 bridgehead atoms. The standard InChI is InChI=1S/C13H18O2/c1-2-13(8-9-14-10-11-15-13)12-6-4-3-5-7-12/h1,8-9,12H,3-7,10-11H2. The highest BCUT2D eigenvalue weighted by molar-refractivity contribution is 5.22. The summed E-state index contributed by atoms with van der Waals surface area (Å²) in [5.41, 5.74) is -0.503. The van der Waals surface area contributed by atoms with E-state index < -0.39 is 5.60 Å². The maximum absolute atomic E-state index is 5.83. The second-order valence-corrected chi connectivity index (χ2v) is 4.29. The minimum atomic E-state index is -0.503. The molecule has 1 aliphatic carbocycles. The Labute approximate surface area is 91.6 Å². The Morgan fingerprint density at radius 3 is 2.73 bits per heavy atom. The molecule has 1 heterocycles. The Hall–Kier alpha value is -0.940. The van der Waals surface area contributed by atoms with Crippen LogP contribution in [0, 0.1) is 18.3 Å². The third-order valence-electron chi connectivity index (χ3n) is 3.39. The van der Waals surface area contributed by atoms with Gasteiger partial charge in [0.25, 0.3) is 0 Å². The summed E-state index contributed by atoms with van der Waals surface area (Å²) in [7, 11) is 0. The van der Waals surface area contributed by atoms with Crippen molar-refractivity contribution < 1.29 is 9.47 Å². The molecule has 0 radical (unpaired) electrons. The van der Waals surface area contributed by atoms with Gasteiger partial charge in [-0.3, -0.25) is 0 Å². The van der Waals surface area contributed by atoms with Crippen molar-refractivity contribution in [1.82, 2.24) is 0 Å². The zero-order valence-electron chi connectivity index (χ0n) is 9.08. The van der Waals surface area contributed by atoms with Gasteiger partial charge in [0, 0.05) is 5.92 Å². The molecule has 0 saturated heterocycles. The third-order valence-corrected chi connectivity index (χ3v) is 3.39. The summed E-state index contributed by atoms with van der Waals surface area (Å²) in [6.45, 7) is 1.19. The average Bonchev–Trinajstić information content (AvgIpc) is 2.56. The number of rotatable bonds is 1. The van der Waals surface area contributed by atoms with Gasteiger partial charge in [-0.05, 0) is 18.9 Å². The zero-order chi connectivity index (χ0) is 10.6. The van der Waals surface area contributed by atoms with Crippen molar-refractivity contribution in [3.05, 3.63) is 12.3 Å². The Morgan fingerprint density at radius 2 is 2.00 bits per heavy atom. The van der Waals surface area contributed by atoms with Crippen molar-refractivity contribution in [3.63, 3.8) is 0 Å². The molecule has 0 spiro atoms. The minimum absolute atomic E-state index is 0.467. The number of hydrogen-bond acceptors (Lipinski definition) is 2. The molecular weight excluding hydrogens is 188 g/mol. The second kappa shape index (κ2) is 4.72. The first kappa shape index (κ1) is 10.6. The summed E-state index contributed by atoms with van der Waals surface area (Å²) in [6, 6.07) is 0. The number of terminal acetylenes is 1. The highest BCUT2D eigenvalue weighted by Gasteiger charge is 2.37. The van der Waals surface area contributed by atoms with Crippen molar-refractivity contribution >= 4 is 0 Å². The van der Waals surface area contributed by atoms with Crippen LogP contribution in [0.4, 0.5) is 0 Å². The molecule has 82 valence electrons. The summed E-state index contributed by atoms with van der Waals surface area (Å²) in [5, 5.41) is 0. The molecule has 0 aromatic rings. The Kier molecular flexibility index (Phi) is 3.33. The molecular formula is C13H18O2. The highest BCUT2D eigenvalue weighted by Crippen LogP contribution is 2.36. The molecule has 1 unspecified atom stereocenters. The molecule has 2 rings (SSSR count). The molecule has 2 aliphatic rings. The van der Waals surface area contributed by atoms with E-state index in [1.165, 1.54) is 32.1 Å². The molecule has 15 heavy (non-hydrogen) atoms. The van der Waals surface area contributed by atoms with Gasteiger partial charge in [-0.15, -0.1) is 6.42 Å². The third kappa shape index (κ3) is 2.18. The minimum Gasteiger partial charge on any atom is -0.499 e. The molecule has 1 aliphatic heterocycles. The molecule has 1 fully saturated rings. The Morgan fingerprint density at radius 1 is 1.20 bits per heavy atom. The van der Waals surface area contributed by atoms with E-state index in [0.717, 1.165) is 0 Å². The van der Waals surface area contributed by atoms with E-state index in [1.54, 1.807) is 6.26 Å². The lowest BCUT2D eigenvalue weighted by Gasteiger charge is -2.35. The molecule has 2 heteroatoms. The van der Waals surface area contributed by atoms with Crippen molar-refractivity contribution in [1.29, 1.82) is 0 Å². The van der Waals surface area contributed by atoms with E-state index in [-0.39, 0.29) is 0 Å². The van der Waals surface area contributed by atoms with Gasteiger partial charge in [0.1, 0.15) is 6.61 Å². The van der Waals surface area contributed by atoms with E-state index >= 15 is 0 Å². The van der Waals surface area contributed by atoms with E-state index in [9.17, 15) is 0 Å². The van der Waals surface area contributed by atoms with E-state index in [1.807, 2.05) is 6.08 Å². The zero-order valence-corrected chi connectivity index (χ0v) is 9.08. The van der Waals surface area contributed by atoms with Gasteiger partial charge >= 0.3 is 0 Å². The van der Waals surface area contributed by atoms with Crippen LogP contribution in [0.1, 0.15) is 32.1 Å². The fourth-order valence-electron chi connectivity index (χ4n) is 2.52. The van der Waals surface area contributed by atoms with Crippen LogP contribution in [0.3, 0.4) is 0 Å². The summed E-state index contributed by atoms with van der Waals surface area (Å²) in [4.78, 5) is 0. The van der Waals surface area contributed by atoms with Gasteiger partial charge < -0.3 is 9.47 Å². The molecule has 0 amide bonds. The van der Waals surface area contributed by atoms with Crippen LogP contribution < -0.4 is 0 Å². The van der Waals surface area contributed by atoms with Gasteiger partial charge in [-0.1, -0.05) is 25.2 Å². The fourth-order valence-corrected chi connectivity index (χ4v) is 2.52. The van der Waals surface area contributed by atoms with Crippen LogP contribution in [0.5, 0.6) is 0 Å². The van der Waals surface area contributed by atoms with Crippen molar-refractivity contribution in [2.45, 2.75) is 37.7 Å². The molecule has 0 aromatic carbocycles. The van der Waals surface area contributed by atoms with E-state index in [4.69, 9.17) is 15.9 Å². The van der Waals surface area contributed by atoms with Crippen molar-refractivity contribution in [2.75, 3.05) is 13.2 Å². The average molecular weight is 206 g/mol. The summed E-state index contributed by atoms with van der Waals surface area (Å²) < 4.78 is 11.1. The van der Waals surface area contributed by atoms with Gasteiger partial charge in [-0.25, -0.2) is 0 Å². The molecule has 0 aromatic heterocycles. The summed E-state index contributed by atoms with van der Waals surface area (Å²) >= 11 is 0. The Balaban J connectivity index is 2.15. The van der Waals surface area contributed by atoms with Gasteiger partial charge in [0.15, 0.2) is 5.60 Å². The maximum Gasteiger partial charge on any atom is 0.153 e. The number of ether oxygens (including phenoxy) is 2. The number of hydrogen-bond donors (Lipinski definition) is 0. The van der Waals surface area contributed by atoms with Gasteiger partial charge in [0.2, 0.25) is 0 Å². The van der Waals surface area contributed by atoms with Crippen molar-refractivity contribution in [3.8, 4) is 12.3 Å². The molecule has 1 saturated carbocycles. The Bertz CT molecular complexity index is 271. The summed E-state index contributed by atoms with van der Waals surface area (Å²) in [6.07, 6.45) is 15.5. The largest absolute Gasteiger partial charge is 0.499 e. The van der Waals surface area contributed by atoms with Crippen LogP contribution >= 0.6 is 0 Å². The lowest BCUT2D eigenvalue weighted by atomic mass is 9.77. The predicted molar refractivity (Wildman–Crippen MR) is 59.2 cm³/mol. The lowest BCUT2D eigenvalue weighted by Crippen LogP contribution is -2.38. The summed E-state index contributed by atoms with van der Waals surface area (Å²) in [5.74, 6) is 3.30. The smallest absolute Gasteiger partial charge is 0.153 e. The normalized spacial score (nSPS) is 32.7. The first-order valence-electron chi connectivity index (χ1n) is 5.78. The van der Waals surface area contributed by atoms with Crippen LogP contribution in [-0.4, -0.2) is 18.8 Å². The fraction of sp³-hybridized carbons (Fsp3) is 0.692. The van der Waals surface area contributed by atoms with Gasteiger partial charge in [0.05, 0.1) is 12.9 Å². The molecule has 2 nitrogen and oxygen atoms in total. The van der Waals surface area contributed by atoms with E-state index in [2.05, 4.69) is 5.92 Å². The second-order valence-electron chi connectivity index (χ2n) is 4.29. The van der Waals surface area contributed by atoms with Crippen molar-refractivity contribution in [2.24, 2.45) is 5.92 Å². The van der Waals surface area contributed by atoms with Crippen LogP contribution in [0.25, 0.3) is 0 Å². The predicted octanol–water partition coefficient (Wildman–Crippen LogP) is 2.50. The molecule has 0 N–H and O–H groups in total. The van der Waals surface area contributed by atoms with Gasteiger partial charge in [-0.2, -0.15) is 0 Å². The van der Waals surface area contributed by atoms with Crippen LogP contribution in [0.15, 0.2) is 12.3 Å². The maximum atomic E-state index is 5.83. The van der Waals surface area contributed by atoms with Crippen LogP contribution in [-0.2, 0) is 9.47 Å². The first-order valence-corrected chi connectivity index (χ1v) is 5.78. The molecule has 1 atom stereocenters. The topological polar surface area (TPSA) is 18.5 Å². The quantitative estimate of drug-likeness (QED) is 0.614. The lowest BCUT2D eigenvalue weighted by molar-refractivity contribution is -0.0236. The first-order chi connectivity index (χ1) is 7.37. The SMILES string of the molecule is C#CC1(C2CCCCC2)C=COCCO1. The van der Waals surface area contributed by atoms with E-state index in [0.29, 0.717) is 19.1 Å². The highest BCUT2D eigenvalue weighted by atomic mass is 16.5. The van der Waals surface area contributed by atoms with Crippen LogP contribution in [0.2, 0.25) is 0 Å². The monoisotopic (exact) mass is 206 g/mol.